The highest BCUT2D eigenvalue weighted by atomic mass is 127. The van der Waals surface area contributed by atoms with Gasteiger partial charge in [0, 0.05) is 57.8 Å². The normalized spacial score (nSPS) is 20.1. The van der Waals surface area contributed by atoms with Crippen molar-refractivity contribution >= 4 is 35.8 Å². The standard InChI is InChI=1S/C18H35N5O.HI/c1-4-19-18(20-10-6-12-23-11-5-7-17(23)24)21-16-8-13-22(14-9-16)15(2)3;/h15-16H,4-14H2,1-3H3,(H2,19,20,21);1H. The third kappa shape index (κ3) is 7.68. The number of amides is 1. The summed E-state index contributed by atoms with van der Waals surface area (Å²) in [5.74, 6) is 1.23. The molecule has 0 aliphatic carbocycles. The summed E-state index contributed by atoms with van der Waals surface area (Å²) in [6.45, 7) is 12.4. The number of piperidine rings is 1. The van der Waals surface area contributed by atoms with Gasteiger partial charge in [0.05, 0.1) is 0 Å². The van der Waals surface area contributed by atoms with E-state index in [4.69, 9.17) is 4.99 Å². The van der Waals surface area contributed by atoms with Gasteiger partial charge >= 0.3 is 0 Å². The molecule has 0 saturated carbocycles. The Balaban J connectivity index is 0.00000312. The van der Waals surface area contributed by atoms with Crippen molar-refractivity contribution in [3.8, 4) is 0 Å². The molecule has 0 atom stereocenters. The molecule has 0 spiro atoms. The van der Waals surface area contributed by atoms with Crippen LogP contribution in [0, 0.1) is 0 Å². The summed E-state index contributed by atoms with van der Waals surface area (Å²) in [5, 5.41) is 6.93. The number of likely N-dealkylation sites (tertiary alicyclic amines) is 2. The second-order valence-electron chi connectivity index (χ2n) is 7.15. The Morgan fingerprint density at radius 3 is 2.56 bits per heavy atom. The Kier molecular flexibility index (Phi) is 10.7. The molecule has 0 bridgehead atoms. The smallest absolute Gasteiger partial charge is 0.222 e. The molecule has 146 valence electrons. The topological polar surface area (TPSA) is 60.0 Å². The fourth-order valence-corrected chi connectivity index (χ4v) is 3.47. The zero-order chi connectivity index (χ0) is 17.4. The molecule has 2 heterocycles. The summed E-state index contributed by atoms with van der Waals surface area (Å²) >= 11 is 0. The van der Waals surface area contributed by atoms with Gasteiger partial charge in [0.15, 0.2) is 5.96 Å². The van der Waals surface area contributed by atoms with Gasteiger partial charge in [0.2, 0.25) is 5.91 Å². The number of carbonyl (C=O) groups excluding carboxylic acids is 1. The molecule has 2 aliphatic heterocycles. The van der Waals surface area contributed by atoms with Crippen molar-refractivity contribution in [3.05, 3.63) is 0 Å². The van der Waals surface area contributed by atoms with Crippen LogP contribution in [0.3, 0.4) is 0 Å². The first kappa shape index (κ1) is 22.5. The van der Waals surface area contributed by atoms with Gasteiger partial charge in [-0.15, -0.1) is 24.0 Å². The van der Waals surface area contributed by atoms with E-state index in [2.05, 4.69) is 36.3 Å². The van der Waals surface area contributed by atoms with Crippen molar-refractivity contribution in [1.29, 1.82) is 0 Å². The lowest BCUT2D eigenvalue weighted by atomic mass is 10.0. The molecule has 0 unspecified atom stereocenters. The highest BCUT2D eigenvalue weighted by Gasteiger charge is 2.21. The largest absolute Gasteiger partial charge is 0.357 e. The molecule has 2 aliphatic rings. The molecule has 2 rings (SSSR count). The second kappa shape index (κ2) is 11.9. The van der Waals surface area contributed by atoms with Gasteiger partial charge in [-0.3, -0.25) is 9.79 Å². The lowest BCUT2D eigenvalue weighted by molar-refractivity contribution is -0.127. The van der Waals surface area contributed by atoms with Gasteiger partial charge in [-0.25, -0.2) is 0 Å². The van der Waals surface area contributed by atoms with Crippen LogP contribution in [0.15, 0.2) is 4.99 Å². The van der Waals surface area contributed by atoms with E-state index < -0.39 is 0 Å². The van der Waals surface area contributed by atoms with E-state index >= 15 is 0 Å². The average Bonchev–Trinajstić information content (AvgIpc) is 2.97. The molecular weight excluding hydrogens is 429 g/mol. The first-order valence-electron chi connectivity index (χ1n) is 9.66. The van der Waals surface area contributed by atoms with Crippen LogP contribution >= 0.6 is 24.0 Å². The number of nitrogens with zero attached hydrogens (tertiary/aromatic N) is 3. The highest BCUT2D eigenvalue weighted by molar-refractivity contribution is 14.0. The fourth-order valence-electron chi connectivity index (χ4n) is 3.47. The maximum atomic E-state index is 11.6. The first-order valence-corrected chi connectivity index (χ1v) is 9.66. The van der Waals surface area contributed by atoms with Crippen molar-refractivity contribution in [1.82, 2.24) is 20.4 Å². The quantitative estimate of drug-likeness (QED) is 0.262. The van der Waals surface area contributed by atoms with E-state index in [1.54, 1.807) is 0 Å². The Morgan fingerprint density at radius 1 is 1.28 bits per heavy atom. The van der Waals surface area contributed by atoms with Gasteiger partial charge < -0.3 is 20.4 Å². The Labute approximate surface area is 170 Å². The minimum atomic E-state index is 0. The number of aliphatic imine (C=N–C) groups is 1. The van der Waals surface area contributed by atoms with Crippen molar-refractivity contribution in [2.24, 2.45) is 4.99 Å². The minimum absolute atomic E-state index is 0. The lowest BCUT2D eigenvalue weighted by Crippen LogP contribution is -2.49. The number of hydrogen-bond acceptors (Lipinski definition) is 3. The number of halogens is 1. The molecule has 2 fully saturated rings. The molecule has 2 N–H and O–H groups in total. The average molecular weight is 465 g/mol. The van der Waals surface area contributed by atoms with Crippen LogP contribution in [0.5, 0.6) is 0 Å². The van der Waals surface area contributed by atoms with Crippen molar-refractivity contribution in [2.45, 2.75) is 65.0 Å². The molecular formula is C18H36IN5O. The van der Waals surface area contributed by atoms with Crippen molar-refractivity contribution in [3.63, 3.8) is 0 Å². The molecule has 25 heavy (non-hydrogen) atoms. The Bertz CT molecular complexity index is 422. The number of rotatable bonds is 7. The SMILES string of the molecule is CCNC(=NCCCN1CCCC1=O)NC1CCN(C(C)C)CC1.I. The predicted molar refractivity (Wildman–Crippen MR) is 115 cm³/mol. The third-order valence-electron chi connectivity index (χ3n) is 4.97. The summed E-state index contributed by atoms with van der Waals surface area (Å²) in [6.07, 6.45) is 5.02. The van der Waals surface area contributed by atoms with Crippen LogP contribution in [-0.4, -0.2) is 73.0 Å². The van der Waals surface area contributed by atoms with Gasteiger partial charge in [-0.05, 0) is 46.5 Å². The molecule has 0 aromatic heterocycles. The summed E-state index contributed by atoms with van der Waals surface area (Å²) in [5.41, 5.74) is 0. The first-order chi connectivity index (χ1) is 11.6. The van der Waals surface area contributed by atoms with Crippen LogP contribution in [0.25, 0.3) is 0 Å². The van der Waals surface area contributed by atoms with Crippen LogP contribution < -0.4 is 10.6 Å². The predicted octanol–water partition coefficient (Wildman–Crippen LogP) is 2.04. The van der Waals surface area contributed by atoms with Gasteiger partial charge in [0.1, 0.15) is 0 Å². The maximum absolute atomic E-state index is 11.6. The minimum Gasteiger partial charge on any atom is -0.357 e. The maximum Gasteiger partial charge on any atom is 0.222 e. The van der Waals surface area contributed by atoms with E-state index in [0.717, 1.165) is 64.5 Å². The van der Waals surface area contributed by atoms with Gasteiger partial charge in [-0.2, -0.15) is 0 Å². The molecule has 1 amide bonds. The number of hydrogen-bond donors (Lipinski definition) is 2. The Hall–Kier alpha value is -0.570. The number of guanidine groups is 1. The van der Waals surface area contributed by atoms with E-state index in [1.807, 2.05) is 4.90 Å². The van der Waals surface area contributed by atoms with Crippen LogP contribution in [0.4, 0.5) is 0 Å². The zero-order valence-electron chi connectivity index (χ0n) is 16.1. The molecule has 0 aromatic carbocycles. The van der Waals surface area contributed by atoms with E-state index in [9.17, 15) is 4.79 Å². The summed E-state index contributed by atoms with van der Waals surface area (Å²) in [7, 11) is 0. The van der Waals surface area contributed by atoms with E-state index in [0.29, 0.717) is 18.0 Å². The molecule has 7 heteroatoms. The lowest BCUT2D eigenvalue weighted by Gasteiger charge is -2.35. The van der Waals surface area contributed by atoms with Crippen molar-refractivity contribution in [2.75, 3.05) is 39.3 Å². The second-order valence-corrected chi connectivity index (χ2v) is 7.15. The highest BCUT2D eigenvalue weighted by Crippen LogP contribution is 2.13. The fraction of sp³-hybridized carbons (Fsp3) is 0.889. The molecule has 6 nitrogen and oxygen atoms in total. The van der Waals surface area contributed by atoms with Crippen LogP contribution in [-0.2, 0) is 4.79 Å². The molecule has 2 saturated heterocycles. The van der Waals surface area contributed by atoms with E-state index in [1.165, 1.54) is 12.8 Å². The van der Waals surface area contributed by atoms with Gasteiger partial charge in [0.25, 0.3) is 0 Å². The Morgan fingerprint density at radius 2 is 2.00 bits per heavy atom. The summed E-state index contributed by atoms with van der Waals surface area (Å²) in [4.78, 5) is 20.8. The van der Waals surface area contributed by atoms with Crippen LogP contribution in [0.2, 0.25) is 0 Å². The van der Waals surface area contributed by atoms with Gasteiger partial charge in [-0.1, -0.05) is 0 Å². The summed E-state index contributed by atoms with van der Waals surface area (Å²) < 4.78 is 0. The monoisotopic (exact) mass is 465 g/mol. The number of carbonyl (C=O) groups is 1. The van der Waals surface area contributed by atoms with Crippen molar-refractivity contribution < 1.29 is 4.79 Å². The number of nitrogens with one attached hydrogen (secondary N) is 2. The third-order valence-corrected chi connectivity index (χ3v) is 4.97. The molecule has 0 aromatic rings. The van der Waals surface area contributed by atoms with Crippen LogP contribution in [0.1, 0.15) is 52.9 Å². The molecule has 0 radical (unpaired) electrons. The zero-order valence-corrected chi connectivity index (χ0v) is 18.4. The summed E-state index contributed by atoms with van der Waals surface area (Å²) in [6, 6.07) is 1.15. The van der Waals surface area contributed by atoms with E-state index in [-0.39, 0.29) is 24.0 Å².